The second-order valence-corrected chi connectivity index (χ2v) is 9.13. The molecule has 2 aromatic carbocycles. The van der Waals surface area contributed by atoms with Crippen LogP contribution in [-0.4, -0.2) is 78.7 Å². The molecular formula is C25H31ClN6O3. The number of pyridine rings is 1. The van der Waals surface area contributed by atoms with Crippen LogP contribution in [0.1, 0.15) is 0 Å². The van der Waals surface area contributed by atoms with E-state index in [1.807, 2.05) is 19.0 Å². The van der Waals surface area contributed by atoms with E-state index in [0.29, 0.717) is 46.0 Å². The highest BCUT2D eigenvalue weighted by Crippen LogP contribution is 2.26. The average Bonchev–Trinajstić information content (AvgIpc) is 2.84. The minimum absolute atomic E-state index is 0. The minimum atomic E-state index is -0.418. The van der Waals surface area contributed by atoms with Gasteiger partial charge in [0.25, 0.3) is 5.56 Å². The van der Waals surface area contributed by atoms with E-state index in [1.165, 1.54) is 4.57 Å². The van der Waals surface area contributed by atoms with E-state index in [0.717, 1.165) is 32.7 Å². The Hall–Kier alpha value is -2.98. The number of piperazine rings is 1. The molecule has 2 N–H and O–H groups in total. The number of nitrogens with one attached hydrogen (secondary N) is 2. The van der Waals surface area contributed by atoms with Crippen molar-refractivity contribution in [2.45, 2.75) is 6.54 Å². The third-order valence-electron chi connectivity index (χ3n) is 6.64. The summed E-state index contributed by atoms with van der Waals surface area (Å²) >= 11 is 0. The third kappa shape index (κ3) is 4.52. The average molecular weight is 499 g/mol. The Bertz CT molecular complexity index is 1520. The highest BCUT2D eigenvalue weighted by Gasteiger charge is 2.21. The van der Waals surface area contributed by atoms with E-state index < -0.39 is 5.69 Å². The summed E-state index contributed by atoms with van der Waals surface area (Å²) in [5.74, 6) is 0. The Labute approximate surface area is 208 Å². The molecule has 0 radical (unpaired) electrons. The van der Waals surface area contributed by atoms with Crippen molar-refractivity contribution < 1.29 is 0 Å². The summed E-state index contributed by atoms with van der Waals surface area (Å²) in [7, 11) is 3.80. The summed E-state index contributed by atoms with van der Waals surface area (Å²) in [6, 6.07) is 10.6. The quantitative estimate of drug-likeness (QED) is 0.288. The molecule has 0 bridgehead atoms. The van der Waals surface area contributed by atoms with Crippen LogP contribution in [0, 0.1) is 0 Å². The fourth-order valence-electron chi connectivity index (χ4n) is 4.82. The van der Waals surface area contributed by atoms with Crippen molar-refractivity contribution in [1.29, 1.82) is 0 Å². The van der Waals surface area contributed by atoms with Gasteiger partial charge in [-0.05, 0) is 38.4 Å². The van der Waals surface area contributed by atoms with Gasteiger partial charge in [0.05, 0.1) is 21.8 Å². The number of aromatic nitrogens is 2. The fourth-order valence-corrected chi connectivity index (χ4v) is 4.82. The Balaban J connectivity index is 0.00000289. The standard InChI is InChI=1S/C25H30N6O3.ClH/c1-28(2)15-16-30-24(33)18-7-8-19(27-11-14-29-12-9-26-10-13-29)21-22(18)31(25(30)34)20-6-4-3-5-17(20)23(21)32;/h3-8,26-27H,9-16H2,1-2H3;1H. The van der Waals surface area contributed by atoms with Crippen molar-refractivity contribution >= 4 is 45.3 Å². The van der Waals surface area contributed by atoms with Gasteiger partial charge in [-0.2, -0.15) is 0 Å². The first-order valence-electron chi connectivity index (χ1n) is 11.8. The molecule has 2 aromatic heterocycles. The number of halogens is 1. The first-order valence-corrected chi connectivity index (χ1v) is 11.8. The lowest BCUT2D eigenvalue weighted by atomic mass is 10.0. The lowest BCUT2D eigenvalue weighted by Gasteiger charge is -2.27. The number of hydrogen-bond donors (Lipinski definition) is 2. The number of rotatable bonds is 7. The van der Waals surface area contributed by atoms with E-state index in [2.05, 4.69) is 15.5 Å². The summed E-state index contributed by atoms with van der Waals surface area (Å²) < 4.78 is 2.82. The number of hydrogen-bond acceptors (Lipinski definition) is 7. The molecule has 1 fully saturated rings. The van der Waals surface area contributed by atoms with E-state index in [1.54, 1.807) is 40.8 Å². The predicted molar refractivity (Wildman–Crippen MR) is 144 cm³/mol. The number of benzene rings is 2. The van der Waals surface area contributed by atoms with Gasteiger partial charge in [-0.25, -0.2) is 4.79 Å². The third-order valence-corrected chi connectivity index (χ3v) is 6.64. The molecule has 35 heavy (non-hydrogen) atoms. The lowest BCUT2D eigenvalue weighted by molar-refractivity contribution is 0.249. The van der Waals surface area contributed by atoms with E-state index in [9.17, 15) is 14.4 Å². The molecule has 0 amide bonds. The predicted octanol–water partition coefficient (Wildman–Crippen LogP) is 0.866. The number of nitrogens with zero attached hydrogens (tertiary/aromatic N) is 4. The molecule has 3 heterocycles. The number of fused-ring (bicyclic) bond motifs is 2. The first kappa shape index (κ1) is 25.1. The van der Waals surface area contributed by atoms with Crippen LogP contribution in [0.2, 0.25) is 0 Å². The zero-order valence-corrected chi connectivity index (χ0v) is 20.9. The van der Waals surface area contributed by atoms with Crippen LogP contribution in [0.5, 0.6) is 0 Å². The molecule has 0 saturated carbocycles. The van der Waals surface area contributed by atoms with Gasteiger partial charge in [0.2, 0.25) is 0 Å². The van der Waals surface area contributed by atoms with Crippen molar-refractivity contribution in [2.75, 3.05) is 65.2 Å². The van der Waals surface area contributed by atoms with Gasteiger partial charge in [0.1, 0.15) is 0 Å². The largest absolute Gasteiger partial charge is 0.383 e. The van der Waals surface area contributed by atoms with Gasteiger partial charge in [0, 0.05) is 63.4 Å². The van der Waals surface area contributed by atoms with Gasteiger partial charge in [-0.15, -0.1) is 12.4 Å². The minimum Gasteiger partial charge on any atom is -0.383 e. The van der Waals surface area contributed by atoms with Gasteiger partial charge in [0.15, 0.2) is 5.43 Å². The maximum absolute atomic E-state index is 13.6. The van der Waals surface area contributed by atoms with E-state index in [4.69, 9.17) is 0 Å². The summed E-state index contributed by atoms with van der Waals surface area (Å²) in [4.78, 5) is 44.9. The van der Waals surface area contributed by atoms with Gasteiger partial charge >= 0.3 is 5.69 Å². The van der Waals surface area contributed by atoms with Crippen LogP contribution in [0.25, 0.3) is 27.2 Å². The van der Waals surface area contributed by atoms with Crippen LogP contribution in [0.3, 0.4) is 0 Å². The highest BCUT2D eigenvalue weighted by molar-refractivity contribution is 6.07. The molecule has 1 saturated heterocycles. The van der Waals surface area contributed by atoms with Crippen LogP contribution in [0.15, 0.2) is 50.8 Å². The number of likely N-dealkylation sites (N-methyl/N-ethyl adjacent to an activating group) is 1. The summed E-state index contributed by atoms with van der Waals surface area (Å²) in [5, 5.41) is 7.99. The van der Waals surface area contributed by atoms with Crippen molar-refractivity contribution in [1.82, 2.24) is 24.1 Å². The van der Waals surface area contributed by atoms with Gasteiger partial charge < -0.3 is 15.5 Å². The molecule has 5 rings (SSSR count). The summed E-state index contributed by atoms with van der Waals surface area (Å²) in [6.07, 6.45) is 0. The fraction of sp³-hybridized carbons (Fsp3) is 0.400. The van der Waals surface area contributed by atoms with Gasteiger partial charge in [-0.3, -0.25) is 23.5 Å². The van der Waals surface area contributed by atoms with Crippen molar-refractivity contribution in [2.24, 2.45) is 0 Å². The molecule has 186 valence electrons. The maximum atomic E-state index is 13.6. The SMILES string of the molecule is CN(C)CCn1c(=O)c2ccc(NCCN3CCNCC3)c3c(=O)c4ccccc4n(c1=O)c23.Cl. The Kier molecular flexibility index (Phi) is 7.42. The molecule has 0 aliphatic carbocycles. The Morgan fingerprint density at radius 1 is 0.971 bits per heavy atom. The molecule has 1 aliphatic rings. The van der Waals surface area contributed by atoms with Crippen molar-refractivity contribution in [3.05, 3.63) is 67.5 Å². The van der Waals surface area contributed by atoms with Crippen LogP contribution >= 0.6 is 12.4 Å². The second-order valence-electron chi connectivity index (χ2n) is 9.13. The zero-order chi connectivity index (χ0) is 23.8. The second kappa shape index (κ2) is 10.3. The van der Waals surface area contributed by atoms with Crippen LogP contribution < -0.4 is 27.3 Å². The van der Waals surface area contributed by atoms with Crippen LogP contribution in [0.4, 0.5) is 5.69 Å². The highest BCUT2D eigenvalue weighted by atomic mass is 35.5. The molecule has 0 atom stereocenters. The maximum Gasteiger partial charge on any atom is 0.336 e. The molecule has 4 aromatic rings. The molecule has 0 spiro atoms. The smallest absolute Gasteiger partial charge is 0.336 e. The number of para-hydroxylation sites is 1. The molecular weight excluding hydrogens is 468 g/mol. The molecule has 10 heteroatoms. The first-order chi connectivity index (χ1) is 16.5. The normalized spacial score (nSPS) is 14.7. The van der Waals surface area contributed by atoms with Crippen LogP contribution in [-0.2, 0) is 6.54 Å². The topological polar surface area (TPSA) is 91.1 Å². The van der Waals surface area contributed by atoms with Crippen molar-refractivity contribution in [3.8, 4) is 0 Å². The van der Waals surface area contributed by atoms with Crippen molar-refractivity contribution in [3.63, 3.8) is 0 Å². The molecule has 1 aliphatic heterocycles. The summed E-state index contributed by atoms with van der Waals surface area (Å²) in [5.41, 5.74) is 0.618. The molecule has 0 unspecified atom stereocenters. The monoisotopic (exact) mass is 498 g/mol. The Morgan fingerprint density at radius 2 is 1.71 bits per heavy atom. The lowest BCUT2D eigenvalue weighted by Crippen LogP contribution is -2.45. The molecule has 9 nitrogen and oxygen atoms in total. The van der Waals surface area contributed by atoms with Gasteiger partial charge in [-0.1, -0.05) is 12.1 Å². The van der Waals surface area contributed by atoms with E-state index in [-0.39, 0.29) is 29.9 Å². The van der Waals surface area contributed by atoms with E-state index >= 15 is 0 Å². The number of anilines is 1. The summed E-state index contributed by atoms with van der Waals surface area (Å²) in [6.45, 7) is 6.28. The Morgan fingerprint density at radius 3 is 2.46 bits per heavy atom. The zero-order valence-electron chi connectivity index (χ0n) is 20.0.